The van der Waals surface area contributed by atoms with Crippen LogP contribution in [0.5, 0.6) is 11.5 Å². The Labute approximate surface area is 191 Å². The summed E-state index contributed by atoms with van der Waals surface area (Å²) in [5.41, 5.74) is 2.33. The number of hydrogen-bond donors (Lipinski definition) is 1. The molecule has 0 saturated heterocycles. The topological polar surface area (TPSA) is 97.7 Å². The monoisotopic (exact) mass is 442 g/mol. The molecule has 0 aliphatic rings. The minimum absolute atomic E-state index is 0.0907. The lowest BCUT2D eigenvalue weighted by molar-refractivity contribution is -0.112. The Kier molecular flexibility index (Phi) is 7.81. The maximum absolute atomic E-state index is 12.6. The number of benzene rings is 3. The van der Waals surface area contributed by atoms with Gasteiger partial charge in [-0.3, -0.25) is 4.79 Å². The van der Waals surface area contributed by atoms with Crippen molar-refractivity contribution in [1.29, 1.82) is 5.26 Å². The van der Waals surface area contributed by atoms with E-state index in [1.807, 2.05) is 36.4 Å². The molecule has 0 aromatic heterocycles. The molecule has 3 rings (SSSR count). The number of methoxy groups -OCH3 is 2. The van der Waals surface area contributed by atoms with E-state index in [0.717, 1.165) is 5.56 Å². The van der Waals surface area contributed by atoms with Crippen LogP contribution in [0.3, 0.4) is 0 Å². The minimum atomic E-state index is -0.577. The molecule has 3 aromatic carbocycles. The first-order chi connectivity index (χ1) is 16.0. The first-order valence-electron chi connectivity index (χ1n) is 10.0. The molecule has 1 N–H and O–H groups in total. The fraction of sp³-hybridized carbons (Fsp3) is 0.115. The number of amides is 1. The summed E-state index contributed by atoms with van der Waals surface area (Å²) in [5, 5.41) is 12.1. The van der Waals surface area contributed by atoms with E-state index in [4.69, 9.17) is 9.47 Å². The van der Waals surface area contributed by atoms with Crippen molar-refractivity contribution in [2.24, 2.45) is 0 Å². The van der Waals surface area contributed by atoms with Crippen molar-refractivity contribution in [3.8, 4) is 17.6 Å². The molecule has 0 aliphatic heterocycles. The number of carbonyl (C=O) groups is 2. The molecule has 0 spiro atoms. The number of esters is 1. The van der Waals surface area contributed by atoms with Gasteiger partial charge in [-0.25, -0.2) is 4.79 Å². The van der Waals surface area contributed by atoms with E-state index in [1.54, 1.807) is 30.3 Å². The van der Waals surface area contributed by atoms with Gasteiger partial charge in [-0.1, -0.05) is 36.4 Å². The quantitative estimate of drug-likeness (QED) is 0.311. The van der Waals surface area contributed by atoms with Gasteiger partial charge in [0.15, 0.2) is 11.5 Å². The standard InChI is InChI=1S/C26H22N2O5/c1-31-24-15-19(8-13-23(24)33-17-18-6-4-3-5-7-18)14-21(16-27)25(29)28-22-11-9-20(10-12-22)26(30)32-2/h3-15H,17H2,1-2H3,(H,28,29)/b21-14+. The summed E-state index contributed by atoms with van der Waals surface area (Å²) in [5.74, 6) is -0.0229. The SMILES string of the molecule is COC(=O)c1ccc(NC(=O)/C(C#N)=C/c2ccc(OCc3ccccc3)c(OC)c2)cc1. The number of carbonyl (C=O) groups excluding carboxylic acids is 2. The number of ether oxygens (including phenoxy) is 3. The average Bonchev–Trinajstić information content (AvgIpc) is 2.86. The fourth-order valence-electron chi connectivity index (χ4n) is 2.95. The van der Waals surface area contributed by atoms with Crippen LogP contribution in [0.2, 0.25) is 0 Å². The van der Waals surface area contributed by atoms with Crippen LogP contribution in [0.1, 0.15) is 21.5 Å². The van der Waals surface area contributed by atoms with Crippen LogP contribution in [-0.4, -0.2) is 26.1 Å². The normalized spacial score (nSPS) is 10.6. The second kappa shape index (κ2) is 11.2. The van der Waals surface area contributed by atoms with Crippen LogP contribution in [-0.2, 0) is 16.1 Å². The summed E-state index contributed by atoms with van der Waals surface area (Å²) >= 11 is 0. The zero-order chi connectivity index (χ0) is 23.6. The van der Waals surface area contributed by atoms with Gasteiger partial charge < -0.3 is 19.5 Å². The maximum atomic E-state index is 12.6. The number of nitrogens with zero attached hydrogens (tertiary/aromatic N) is 1. The molecule has 0 radical (unpaired) electrons. The van der Waals surface area contributed by atoms with Crippen LogP contribution in [0.25, 0.3) is 6.08 Å². The van der Waals surface area contributed by atoms with E-state index in [0.29, 0.717) is 34.9 Å². The smallest absolute Gasteiger partial charge is 0.337 e. The molecule has 1 amide bonds. The van der Waals surface area contributed by atoms with Crippen molar-refractivity contribution in [3.63, 3.8) is 0 Å². The Bertz CT molecular complexity index is 1200. The van der Waals surface area contributed by atoms with Gasteiger partial charge in [0, 0.05) is 5.69 Å². The molecule has 0 aliphatic carbocycles. The fourth-order valence-corrected chi connectivity index (χ4v) is 2.95. The molecular formula is C26H22N2O5. The molecule has 3 aromatic rings. The van der Waals surface area contributed by atoms with Gasteiger partial charge in [-0.2, -0.15) is 5.26 Å². The zero-order valence-electron chi connectivity index (χ0n) is 18.2. The first kappa shape index (κ1) is 23.1. The van der Waals surface area contributed by atoms with Gasteiger partial charge in [-0.05, 0) is 53.6 Å². The highest BCUT2D eigenvalue weighted by Gasteiger charge is 2.12. The molecule has 0 atom stereocenters. The summed E-state index contributed by atoms with van der Waals surface area (Å²) in [4.78, 5) is 24.1. The van der Waals surface area contributed by atoms with Crippen LogP contribution < -0.4 is 14.8 Å². The minimum Gasteiger partial charge on any atom is -0.493 e. The number of rotatable bonds is 8. The zero-order valence-corrected chi connectivity index (χ0v) is 18.2. The molecule has 7 nitrogen and oxygen atoms in total. The Morgan fingerprint density at radius 1 is 0.970 bits per heavy atom. The van der Waals surface area contributed by atoms with Crippen molar-refractivity contribution in [1.82, 2.24) is 0 Å². The summed E-state index contributed by atoms with van der Waals surface area (Å²) in [6, 6.07) is 23.0. The molecule has 0 heterocycles. The van der Waals surface area contributed by atoms with E-state index in [9.17, 15) is 14.9 Å². The van der Waals surface area contributed by atoms with Gasteiger partial charge in [-0.15, -0.1) is 0 Å². The molecule has 7 heteroatoms. The van der Waals surface area contributed by atoms with E-state index in [-0.39, 0.29) is 5.57 Å². The molecule has 0 fully saturated rings. The summed E-state index contributed by atoms with van der Waals surface area (Å²) < 4.78 is 15.9. The second-order valence-electron chi connectivity index (χ2n) is 6.88. The van der Waals surface area contributed by atoms with Gasteiger partial charge in [0.05, 0.1) is 19.8 Å². The summed E-state index contributed by atoms with van der Waals surface area (Å²) in [6.07, 6.45) is 1.46. The lowest BCUT2D eigenvalue weighted by atomic mass is 10.1. The third-order valence-corrected chi connectivity index (χ3v) is 4.66. The van der Waals surface area contributed by atoms with Gasteiger partial charge >= 0.3 is 5.97 Å². The van der Waals surface area contributed by atoms with Crippen molar-refractivity contribution < 1.29 is 23.8 Å². The Morgan fingerprint density at radius 3 is 2.33 bits per heavy atom. The van der Waals surface area contributed by atoms with Crippen LogP contribution in [0, 0.1) is 11.3 Å². The lowest BCUT2D eigenvalue weighted by Crippen LogP contribution is -2.13. The predicted molar refractivity (Wildman–Crippen MR) is 124 cm³/mol. The summed E-state index contributed by atoms with van der Waals surface area (Å²) in [6.45, 7) is 0.382. The van der Waals surface area contributed by atoms with E-state index < -0.39 is 11.9 Å². The highest BCUT2D eigenvalue weighted by molar-refractivity contribution is 6.09. The average molecular weight is 442 g/mol. The number of nitriles is 1. The van der Waals surface area contributed by atoms with Crippen molar-refractivity contribution >= 4 is 23.6 Å². The van der Waals surface area contributed by atoms with Gasteiger partial charge in [0.25, 0.3) is 5.91 Å². The highest BCUT2D eigenvalue weighted by Crippen LogP contribution is 2.29. The van der Waals surface area contributed by atoms with E-state index >= 15 is 0 Å². The molecule has 0 saturated carbocycles. The van der Waals surface area contributed by atoms with E-state index in [2.05, 4.69) is 10.1 Å². The number of nitrogens with one attached hydrogen (secondary N) is 1. The molecule has 0 bridgehead atoms. The van der Waals surface area contributed by atoms with Crippen LogP contribution in [0.4, 0.5) is 5.69 Å². The molecule has 33 heavy (non-hydrogen) atoms. The predicted octanol–water partition coefficient (Wildman–Crippen LogP) is 4.61. The van der Waals surface area contributed by atoms with Crippen LogP contribution in [0.15, 0.2) is 78.4 Å². The Balaban J connectivity index is 1.72. The van der Waals surface area contributed by atoms with E-state index in [1.165, 1.54) is 32.4 Å². The Hall–Kier alpha value is -4.57. The third kappa shape index (κ3) is 6.21. The third-order valence-electron chi connectivity index (χ3n) is 4.66. The molecule has 0 unspecified atom stereocenters. The lowest BCUT2D eigenvalue weighted by Gasteiger charge is -2.11. The Morgan fingerprint density at radius 2 is 1.70 bits per heavy atom. The number of hydrogen-bond acceptors (Lipinski definition) is 6. The van der Waals surface area contributed by atoms with Crippen molar-refractivity contribution in [3.05, 3.63) is 95.1 Å². The second-order valence-corrected chi connectivity index (χ2v) is 6.88. The summed E-state index contributed by atoms with van der Waals surface area (Å²) in [7, 11) is 2.81. The van der Waals surface area contributed by atoms with Crippen molar-refractivity contribution in [2.45, 2.75) is 6.61 Å². The van der Waals surface area contributed by atoms with Gasteiger partial charge in [0.2, 0.25) is 0 Å². The number of anilines is 1. The largest absolute Gasteiger partial charge is 0.493 e. The van der Waals surface area contributed by atoms with Crippen molar-refractivity contribution in [2.75, 3.05) is 19.5 Å². The highest BCUT2D eigenvalue weighted by atomic mass is 16.5. The first-order valence-corrected chi connectivity index (χ1v) is 10.0. The van der Waals surface area contributed by atoms with Crippen LogP contribution >= 0.6 is 0 Å². The maximum Gasteiger partial charge on any atom is 0.337 e. The van der Waals surface area contributed by atoms with Gasteiger partial charge in [0.1, 0.15) is 18.2 Å². The molecule has 166 valence electrons. The molecular weight excluding hydrogens is 420 g/mol.